The van der Waals surface area contributed by atoms with E-state index in [0.717, 1.165) is 11.1 Å². The number of aliphatic hydroxyl groups excluding tert-OH is 1. The molecule has 1 amide bonds. The van der Waals surface area contributed by atoms with Crippen molar-refractivity contribution >= 4 is 5.91 Å². The van der Waals surface area contributed by atoms with Gasteiger partial charge in [-0.2, -0.15) is 0 Å². The Morgan fingerprint density at radius 2 is 1.88 bits per heavy atom. The Morgan fingerprint density at radius 1 is 1.17 bits per heavy atom. The van der Waals surface area contributed by atoms with E-state index in [0.29, 0.717) is 18.4 Å². The Labute approximate surface area is 141 Å². The lowest BCUT2D eigenvalue weighted by Gasteiger charge is -2.23. The van der Waals surface area contributed by atoms with Crippen LogP contribution in [0.5, 0.6) is 0 Å². The summed E-state index contributed by atoms with van der Waals surface area (Å²) in [6.07, 6.45) is 0.877. The summed E-state index contributed by atoms with van der Waals surface area (Å²) < 4.78 is 13.0. The molecule has 0 saturated carbocycles. The molecule has 2 rings (SSSR count). The standard InChI is InChI=1S/C19H22FNO3/c1-19(24,10-3-11-22)13-21-18(23)16-5-2-4-15(12-16)14-6-8-17(20)9-7-14/h2,4-9,12,22,24H,3,10-11,13H2,1H3,(H,21,23)/t19-/m0/s1. The highest BCUT2D eigenvalue weighted by atomic mass is 19.1. The lowest BCUT2D eigenvalue weighted by atomic mass is 10.00. The van der Waals surface area contributed by atoms with Crippen LogP contribution in [-0.4, -0.2) is 34.9 Å². The Bertz CT molecular complexity index is 683. The normalized spacial score (nSPS) is 13.3. The lowest BCUT2D eigenvalue weighted by molar-refractivity contribution is 0.0415. The lowest BCUT2D eigenvalue weighted by Crippen LogP contribution is -2.40. The van der Waals surface area contributed by atoms with E-state index in [1.54, 1.807) is 37.3 Å². The first-order chi connectivity index (χ1) is 11.4. The third-order valence-corrected chi connectivity index (χ3v) is 3.81. The van der Waals surface area contributed by atoms with E-state index in [4.69, 9.17) is 5.11 Å². The van der Waals surface area contributed by atoms with Gasteiger partial charge in [-0.15, -0.1) is 0 Å². The van der Waals surface area contributed by atoms with Gasteiger partial charge in [0.2, 0.25) is 0 Å². The van der Waals surface area contributed by atoms with E-state index in [-0.39, 0.29) is 24.9 Å². The van der Waals surface area contributed by atoms with Gasteiger partial charge < -0.3 is 15.5 Å². The van der Waals surface area contributed by atoms with Gasteiger partial charge in [-0.3, -0.25) is 4.79 Å². The van der Waals surface area contributed by atoms with E-state index < -0.39 is 5.60 Å². The average molecular weight is 331 g/mol. The smallest absolute Gasteiger partial charge is 0.251 e. The van der Waals surface area contributed by atoms with Crippen LogP contribution < -0.4 is 5.32 Å². The molecule has 0 bridgehead atoms. The molecule has 0 spiro atoms. The molecule has 2 aromatic rings. The van der Waals surface area contributed by atoms with Crippen LogP contribution in [0.3, 0.4) is 0 Å². The summed E-state index contributed by atoms with van der Waals surface area (Å²) in [6.45, 7) is 1.73. The van der Waals surface area contributed by atoms with Crippen molar-refractivity contribution in [1.82, 2.24) is 5.32 Å². The highest BCUT2D eigenvalue weighted by molar-refractivity contribution is 5.95. The summed E-state index contributed by atoms with van der Waals surface area (Å²) in [5, 5.41) is 21.7. The number of hydrogen-bond donors (Lipinski definition) is 3. The van der Waals surface area contributed by atoms with Crippen molar-refractivity contribution in [2.45, 2.75) is 25.4 Å². The van der Waals surface area contributed by atoms with Crippen molar-refractivity contribution in [2.75, 3.05) is 13.2 Å². The highest BCUT2D eigenvalue weighted by Gasteiger charge is 2.21. The number of hydrogen-bond acceptors (Lipinski definition) is 3. The van der Waals surface area contributed by atoms with Crippen molar-refractivity contribution in [2.24, 2.45) is 0 Å². The van der Waals surface area contributed by atoms with Gasteiger partial charge in [0.15, 0.2) is 0 Å². The van der Waals surface area contributed by atoms with Gasteiger partial charge in [0, 0.05) is 18.7 Å². The van der Waals surface area contributed by atoms with Crippen molar-refractivity contribution in [3.63, 3.8) is 0 Å². The molecule has 0 heterocycles. The second-order valence-corrected chi connectivity index (χ2v) is 6.09. The number of benzene rings is 2. The zero-order valence-corrected chi connectivity index (χ0v) is 13.6. The number of rotatable bonds is 7. The molecule has 24 heavy (non-hydrogen) atoms. The van der Waals surface area contributed by atoms with E-state index in [1.807, 2.05) is 6.07 Å². The largest absolute Gasteiger partial charge is 0.396 e. The molecule has 2 aromatic carbocycles. The molecule has 128 valence electrons. The summed E-state index contributed by atoms with van der Waals surface area (Å²) in [5.74, 6) is -0.596. The zero-order chi connectivity index (χ0) is 17.6. The van der Waals surface area contributed by atoms with Gasteiger partial charge in [0.25, 0.3) is 5.91 Å². The van der Waals surface area contributed by atoms with Crippen LogP contribution in [0.15, 0.2) is 48.5 Å². The van der Waals surface area contributed by atoms with Gasteiger partial charge >= 0.3 is 0 Å². The summed E-state index contributed by atoms with van der Waals surface area (Å²) in [6, 6.07) is 13.1. The SMILES string of the molecule is C[C@](O)(CCCO)CNC(=O)c1cccc(-c2ccc(F)cc2)c1. The van der Waals surface area contributed by atoms with Gasteiger partial charge in [0.1, 0.15) is 5.82 Å². The summed E-state index contributed by atoms with van der Waals surface area (Å²) in [4.78, 5) is 12.3. The maximum atomic E-state index is 13.0. The molecule has 0 unspecified atom stereocenters. The first-order valence-corrected chi connectivity index (χ1v) is 7.89. The van der Waals surface area contributed by atoms with E-state index >= 15 is 0 Å². The van der Waals surface area contributed by atoms with Crippen molar-refractivity contribution in [3.8, 4) is 11.1 Å². The minimum absolute atomic E-state index is 0.00378. The van der Waals surface area contributed by atoms with E-state index in [2.05, 4.69) is 5.32 Å². The van der Waals surface area contributed by atoms with Gasteiger partial charge in [-0.05, 0) is 55.2 Å². The molecule has 0 aromatic heterocycles. The second-order valence-electron chi connectivity index (χ2n) is 6.09. The van der Waals surface area contributed by atoms with Crippen molar-refractivity contribution in [3.05, 3.63) is 59.9 Å². The topological polar surface area (TPSA) is 69.6 Å². The van der Waals surface area contributed by atoms with E-state index in [9.17, 15) is 14.3 Å². The van der Waals surface area contributed by atoms with Crippen LogP contribution in [0.1, 0.15) is 30.1 Å². The molecule has 0 aliphatic carbocycles. The monoisotopic (exact) mass is 331 g/mol. The number of amides is 1. The van der Waals surface area contributed by atoms with Gasteiger partial charge in [0.05, 0.1) is 5.60 Å². The first-order valence-electron chi connectivity index (χ1n) is 7.89. The molecule has 0 fully saturated rings. The second kappa shape index (κ2) is 8.04. The summed E-state index contributed by atoms with van der Waals surface area (Å²) in [5.41, 5.74) is 1.04. The Balaban J connectivity index is 2.05. The zero-order valence-electron chi connectivity index (χ0n) is 13.6. The molecule has 0 aliphatic heterocycles. The molecule has 0 aliphatic rings. The van der Waals surface area contributed by atoms with Crippen LogP contribution in [0.2, 0.25) is 0 Å². The predicted octanol–water partition coefficient (Wildman–Crippen LogP) is 2.75. The van der Waals surface area contributed by atoms with Crippen LogP contribution in [0.4, 0.5) is 4.39 Å². The van der Waals surface area contributed by atoms with Crippen LogP contribution >= 0.6 is 0 Å². The molecule has 4 nitrogen and oxygen atoms in total. The summed E-state index contributed by atoms with van der Waals surface area (Å²) in [7, 11) is 0. The van der Waals surface area contributed by atoms with Gasteiger partial charge in [-0.1, -0.05) is 24.3 Å². The molecule has 0 radical (unpaired) electrons. The number of carbonyl (C=O) groups is 1. The number of halogens is 1. The van der Waals surface area contributed by atoms with Crippen LogP contribution in [0.25, 0.3) is 11.1 Å². The van der Waals surface area contributed by atoms with Gasteiger partial charge in [-0.25, -0.2) is 4.39 Å². The molecule has 1 atom stereocenters. The molecular weight excluding hydrogens is 309 g/mol. The van der Waals surface area contributed by atoms with E-state index in [1.165, 1.54) is 12.1 Å². The minimum atomic E-state index is -1.06. The Kier molecular flexibility index (Phi) is 6.06. The summed E-state index contributed by atoms with van der Waals surface area (Å²) >= 11 is 0. The maximum Gasteiger partial charge on any atom is 0.251 e. The third-order valence-electron chi connectivity index (χ3n) is 3.81. The predicted molar refractivity (Wildman–Crippen MR) is 91.1 cm³/mol. The van der Waals surface area contributed by atoms with Crippen LogP contribution in [0, 0.1) is 5.82 Å². The Hall–Kier alpha value is -2.24. The third kappa shape index (κ3) is 5.15. The fourth-order valence-electron chi connectivity index (χ4n) is 2.40. The molecule has 3 N–H and O–H groups in total. The fourth-order valence-corrected chi connectivity index (χ4v) is 2.40. The van der Waals surface area contributed by atoms with Crippen molar-refractivity contribution < 1.29 is 19.4 Å². The number of aliphatic hydroxyl groups is 2. The Morgan fingerprint density at radius 3 is 2.54 bits per heavy atom. The fraction of sp³-hybridized carbons (Fsp3) is 0.316. The maximum absolute atomic E-state index is 13.0. The minimum Gasteiger partial charge on any atom is -0.396 e. The molecule has 5 heteroatoms. The number of nitrogens with one attached hydrogen (secondary N) is 1. The molecule has 0 saturated heterocycles. The number of carbonyl (C=O) groups excluding carboxylic acids is 1. The average Bonchev–Trinajstić information content (AvgIpc) is 2.59. The first kappa shape index (κ1) is 18.1. The highest BCUT2D eigenvalue weighted by Crippen LogP contribution is 2.21. The van der Waals surface area contributed by atoms with Crippen LogP contribution in [-0.2, 0) is 0 Å². The quantitative estimate of drug-likeness (QED) is 0.731. The molecular formula is C19H22FNO3. The van der Waals surface area contributed by atoms with Crippen molar-refractivity contribution in [1.29, 1.82) is 0 Å².